The van der Waals surface area contributed by atoms with Gasteiger partial charge in [-0.15, -0.1) is 0 Å². The van der Waals surface area contributed by atoms with Crippen LogP contribution in [0, 0.1) is 11.7 Å². The molecule has 1 unspecified atom stereocenters. The average molecular weight is 307 g/mol. The molecule has 0 amide bonds. The molecule has 0 bridgehead atoms. The second-order valence-electron chi connectivity index (χ2n) is 5.64. The molecule has 0 N–H and O–H groups in total. The Balaban J connectivity index is 2.11. The SMILES string of the molecule is CC(C)Cc1ccc(OC(C)c2c(F)cccc2Cl)cc1. The van der Waals surface area contributed by atoms with E-state index in [1.807, 2.05) is 24.3 Å². The highest BCUT2D eigenvalue weighted by molar-refractivity contribution is 6.31. The first-order valence-electron chi connectivity index (χ1n) is 7.17. The Labute approximate surface area is 130 Å². The number of ether oxygens (including phenoxy) is 1. The fraction of sp³-hybridized carbons (Fsp3) is 0.333. The van der Waals surface area contributed by atoms with Gasteiger partial charge in [0.15, 0.2) is 0 Å². The molecule has 1 atom stereocenters. The molecular formula is C18H20ClFO. The molecule has 112 valence electrons. The second kappa shape index (κ2) is 6.95. The molecule has 3 heteroatoms. The van der Waals surface area contributed by atoms with E-state index in [4.69, 9.17) is 16.3 Å². The van der Waals surface area contributed by atoms with Crippen molar-refractivity contribution in [2.45, 2.75) is 33.3 Å². The molecule has 0 spiro atoms. The number of hydrogen-bond donors (Lipinski definition) is 0. The molecule has 21 heavy (non-hydrogen) atoms. The molecule has 0 saturated carbocycles. The van der Waals surface area contributed by atoms with E-state index in [1.54, 1.807) is 19.1 Å². The minimum atomic E-state index is -0.436. The van der Waals surface area contributed by atoms with Gasteiger partial charge in [0.2, 0.25) is 0 Å². The summed E-state index contributed by atoms with van der Waals surface area (Å²) in [6.45, 7) is 6.17. The number of rotatable bonds is 5. The molecule has 0 aliphatic carbocycles. The zero-order chi connectivity index (χ0) is 15.4. The summed E-state index contributed by atoms with van der Waals surface area (Å²) in [5.74, 6) is 0.994. The van der Waals surface area contributed by atoms with Crippen LogP contribution in [0.5, 0.6) is 5.75 Å². The van der Waals surface area contributed by atoms with Crippen LogP contribution in [0.15, 0.2) is 42.5 Å². The smallest absolute Gasteiger partial charge is 0.131 e. The van der Waals surface area contributed by atoms with Gasteiger partial charge in [-0.3, -0.25) is 0 Å². The molecule has 0 heterocycles. The van der Waals surface area contributed by atoms with E-state index in [-0.39, 0.29) is 5.82 Å². The monoisotopic (exact) mass is 306 g/mol. The molecule has 2 aromatic carbocycles. The van der Waals surface area contributed by atoms with Gasteiger partial charge in [0.05, 0.1) is 5.02 Å². The summed E-state index contributed by atoms with van der Waals surface area (Å²) in [5, 5.41) is 0.388. The van der Waals surface area contributed by atoms with E-state index in [1.165, 1.54) is 11.6 Å². The standard InChI is InChI=1S/C18H20ClFO/c1-12(2)11-14-7-9-15(10-8-14)21-13(3)18-16(19)5-4-6-17(18)20/h4-10,12-13H,11H2,1-3H3. The molecule has 0 aromatic heterocycles. The fourth-order valence-corrected chi connectivity index (χ4v) is 2.65. The quantitative estimate of drug-likeness (QED) is 0.676. The molecule has 0 aliphatic heterocycles. The summed E-state index contributed by atoms with van der Waals surface area (Å²) in [4.78, 5) is 0. The third-order valence-corrected chi connectivity index (χ3v) is 3.62. The van der Waals surface area contributed by atoms with E-state index < -0.39 is 6.10 Å². The van der Waals surface area contributed by atoms with Gasteiger partial charge in [0.25, 0.3) is 0 Å². The van der Waals surface area contributed by atoms with Gasteiger partial charge in [0, 0.05) is 5.56 Å². The first-order valence-corrected chi connectivity index (χ1v) is 7.54. The lowest BCUT2D eigenvalue weighted by atomic mass is 10.0. The second-order valence-corrected chi connectivity index (χ2v) is 6.04. The van der Waals surface area contributed by atoms with Crippen molar-refractivity contribution in [2.24, 2.45) is 5.92 Å². The van der Waals surface area contributed by atoms with E-state index in [2.05, 4.69) is 13.8 Å². The lowest BCUT2D eigenvalue weighted by molar-refractivity contribution is 0.221. The molecular weight excluding hydrogens is 287 g/mol. The van der Waals surface area contributed by atoms with Gasteiger partial charge in [-0.05, 0) is 49.1 Å². The Bertz CT molecular complexity index is 572. The van der Waals surface area contributed by atoms with Crippen molar-refractivity contribution in [3.05, 3.63) is 64.4 Å². The van der Waals surface area contributed by atoms with Crippen LogP contribution in [0.2, 0.25) is 5.02 Å². The zero-order valence-electron chi connectivity index (χ0n) is 12.6. The van der Waals surface area contributed by atoms with Crippen molar-refractivity contribution in [1.29, 1.82) is 0 Å². The van der Waals surface area contributed by atoms with E-state index in [0.717, 1.165) is 6.42 Å². The molecule has 0 saturated heterocycles. The average Bonchev–Trinajstić information content (AvgIpc) is 2.40. The van der Waals surface area contributed by atoms with Crippen LogP contribution in [-0.2, 0) is 6.42 Å². The maximum atomic E-state index is 13.8. The topological polar surface area (TPSA) is 9.23 Å². The number of benzene rings is 2. The molecule has 0 radical (unpaired) electrons. The van der Waals surface area contributed by atoms with E-state index in [0.29, 0.717) is 22.3 Å². The summed E-state index contributed by atoms with van der Waals surface area (Å²) in [5.41, 5.74) is 1.67. The summed E-state index contributed by atoms with van der Waals surface area (Å²) >= 11 is 6.05. The van der Waals surface area contributed by atoms with Gasteiger partial charge in [-0.1, -0.05) is 43.6 Å². The first-order chi connectivity index (χ1) is 9.97. The van der Waals surface area contributed by atoms with Gasteiger partial charge in [0.1, 0.15) is 17.7 Å². The van der Waals surface area contributed by atoms with Crippen LogP contribution < -0.4 is 4.74 Å². The highest BCUT2D eigenvalue weighted by Gasteiger charge is 2.16. The van der Waals surface area contributed by atoms with Crippen molar-refractivity contribution in [3.63, 3.8) is 0 Å². The Hall–Kier alpha value is -1.54. The zero-order valence-corrected chi connectivity index (χ0v) is 13.3. The first kappa shape index (κ1) is 15.8. The fourth-order valence-electron chi connectivity index (χ4n) is 2.34. The Kier molecular flexibility index (Phi) is 5.24. The van der Waals surface area contributed by atoms with E-state index in [9.17, 15) is 4.39 Å². The third-order valence-electron chi connectivity index (χ3n) is 3.29. The lowest BCUT2D eigenvalue weighted by Crippen LogP contribution is -2.06. The largest absolute Gasteiger partial charge is 0.486 e. The van der Waals surface area contributed by atoms with Crippen LogP contribution in [0.3, 0.4) is 0 Å². The van der Waals surface area contributed by atoms with Crippen LogP contribution in [0.25, 0.3) is 0 Å². The summed E-state index contributed by atoms with van der Waals surface area (Å²) < 4.78 is 19.6. The number of halogens is 2. The molecule has 2 rings (SSSR count). The molecule has 0 fully saturated rings. The highest BCUT2D eigenvalue weighted by Crippen LogP contribution is 2.29. The predicted molar refractivity (Wildman–Crippen MR) is 85.4 cm³/mol. The Morgan fingerprint density at radius 1 is 1.05 bits per heavy atom. The predicted octanol–water partition coefficient (Wildman–Crippen LogP) is 5.82. The van der Waals surface area contributed by atoms with Gasteiger partial charge < -0.3 is 4.74 Å². The highest BCUT2D eigenvalue weighted by atomic mass is 35.5. The number of hydrogen-bond acceptors (Lipinski definition) is 1. The normalized spacial score (nSPS) is 12.5. The Morgan fingerprint density at radius 2 is 1.71 bits per heavy atom. The van der Waals surface area contributed by atoms with Crippen molar-refractivity contribution in [3.8, 4) is 5.75 Å². The summed E-state index contributed by atoms with van der Waals surface area (Å²) in [7, 11) is 0. The van der Waals surface area contributed by atoms with Crippen molar-refractivity contribution >= 4 is 11.6 Å². The Morgan fingerprint density at radius 3 is 2.29 bits per heavy atom. The maximum Gasteiger partial charge on any atom is 0.131 e. The van der Waals surface area contributed by atoms with Crippen molar-refractivity contribution in [2.75, 3.05) is 0 Å². The van der Waals surface area contributed by atoms with E-state index >= 15 is 0 Å². The van der Waals surface area contributed by atoms with Crippen molar-refractivity contribution in [1.82, 2.24) is 0 Å². The van der Waals surface area contributed by atoms with Gasteiger partial charge in [-0.25, -0.2) is 4.39 Å². The van der Waals surface area contributed by atoms with Crippen molar-refractivity contribution < 1.29 is 9.13 Å². The minimum absolute atomic E-state index is 0.341. The van der Waals surface area contributed by atoms with Crippen LogP contribution in [0.1, 0.15) is 38.0 Å². The summed E-state index contributed by atoms with van der Waals surface area (Å²) in [6.07, 6.45) is 0.601. The van der Waals surface area contributed by atoms with Gasteiger partial charge >= 0.3 is 0 Å². The maximum absolute atomic E-state index is 13.8. The van der Waals surface area contributed by atoms with Crippen LogP contribution in [-0.4, -0.2) is 0 Å². The lowest BCUT2D eigenvalue weighted by Gasteiger charge is -2.17. The summed E-state index contributed by atoms with van der Waals surface area (Å²) in [6, 6.07) is 12.6. The van der Waals surface area contributed by atoms with Gasteiger partial charge in [-0.2, -0.15) is 0 Å². The third kappa shape index (κ3) is 4.21. The molecule has 1 nitrogen and oxygen atoms in total. The van der Waals surface area contributed by atoms with Crippen LogP contribution in [0.4, 0.5) is 4.39 Å². The molecule has 2 aromatic rings. The minimum Gasteiger partial charge on any atom is -0.486 e. The van der Waals surface area contributed by atoms with Crippen LogP contribution >= 0.6 is 11.6 Å². The molecule has 0 aliphatic rings.